The number of hydrogen-bond donors (Lipinski definition) is 2. The second-order valence-corrected chi connectivity index (χ2v) is 9.28. The fourth-order valence-corrected chi connectivity index (χ4v) is 4.37. The van der Waals surface area contributed by atoms with Gasteiger partial charge in [-0.3, -0.25) is 4.99 Å². The van der Waals surface area contributed by atoms with Crippen molar-refractivity contribution >= 4 is 17.7 Å². The van der Waals surface area contributed by atoms with Crippen molar-refractivity contribution in [1.82, 2.24) is 30.3 Å². The summed E-state index contributed by atoms with van der Waals surface area (Å²) in [4.78, 5) is 7.38. The zero-order chi connectivity index (χ0) is 21.6. The Kier molecular flexibility index (Phi) is 12.2. The largest absolute Gasteiger partial charge is 0.357 e. The summed E-state index contributed by atoms with van der Waals surface area (Å²) >= 11 is 1.67. The Morgan fingerprint density at radius 2 is 1.87 bits per heavy atom. The van der Waals surface area contributed by atoms with Crippen molar-refractivity contribution in [3.8, 4) is 0 Å². The molecule has 1 aliphatic heterocycles. The predicted molar refractivity (Wildman–Crippen MR) is 128 cm³/mol. The van der Waals surface area contributed by atoms with Gasteiger partial charge in [0.05, 0.1) is 0 Å². The fraction of sp³-hybridized carbons (Fsp3) is 0.864. The lowest BCUT2D eigenvalue weighted by Gasteiger charge is -2.20. The minimum Gasteiger partial charge on any atom is -0.357 e. The average Bonchev–Trinajstić information content (AvgIpc) is 2.92. The monoisotopic (exact) mass is 437 g/mol. The molecule has 30 heavy (non-hydrogen) atoms. The zero-order valence-electron chi connectivity index (χ0n) is 19.6. The zero-order valence-corrected chi connectivity index (χ0v) is 20.4. The molecule has 8 heteroatoms. The van der Waals surface area contributed by atoms with Gasteiger partial charge in [-0.1, -0.05) is 38.5 Å². The van der Waals surface area contributed by atoms with Crippen molar-refractivity contribution in [3.05, 3.63) is 5.82 Å². The molecule has 0 aromatic carbocycles. The van der Waals surface area contributed by atoms with Gasteiger partial charge in [0.15, 0.2) is 11.1 Å². The van der Waals surface area contributed by atoms with Crippen LogP contribution in [-0.4, -0.2) is 71.1 Å². The summed E-state index contributed by atoms with van der Waals surface area (Å²) in [5, 5.41) is 16.6. The van der Waals surface area contributed by atoms with Crippen molar-refractivity contribution in [3.63, 3.8) is 0 Å². The normalized spacial score (nSPS) is 16.1. The van der Waals surface area contributed by atoms with Gasteiger partial charge < -0.3 is 20.1 Å². The van der Waals surface area contributed by atoms with Crippen LogP contribution >= 0.6 is 11.8 Å². The molecular weight excluding hydrogens is 394 g/mol. The van der Waals surface area contributed by atoms with Gasteiger partial charge in [0.2, 0.25) is 0 Å². The Balaban J connectivity index is 1.73. The lowest BCUT2D eigenvalue weighted by Crippen LogP contribution is -2.39. The van der Waals surface area contributed by atoms with Gasteiger partial charge in [0, 0.05) is 32.6 Å². The number of nitrogens with zero attached hydrogens (tertiary/aromatic N) is 5. The molecule has 0 radical (unpaired) electrons. The number of thioether (sulfide) groups is 1. The topological polar surface area (TPSA) is 70.4 Å². The summed E-state index contributed by atoms with van der Waals surface area (Å²) in [7, 11) is 0. The SMILES string of the molecule is CCNC(=NCCCc1nnc(SC)n1CC(C)C)NCCCN1CCCCCC1. The average molecular weight is 438 g/mol. The highest BCUT2D eigenvalue weighted by atomic mass is 32.2. The molecule has 172 valence electrons. The van der Waals surface area contributed by atoms with E-state index < -0.39 is 0 Å². The Hall–Kier alpha value is -1.28. The number of guanidine groups is 1. The molecule has 2 N–H and O–H groups in total. The van der Waals surface area contributed by atoms with Crippen LogP contribution in [0, 0.1) is 5.92 Å². The van der Waals surface area contributed by atoms with Crippen LogP contribution in [0.1, 0.15) is 65.1 Å². The Morgan fingerprint density at radius 1 is 1.10 bits per heavy atom. The van der Waals surface area contributed by atoms with E-state index in [0.29, 0.717) is 5.92 Å². The first-order valence-electron chi connectivity index (χ1n) is 11.8. The van der Waals surface area contributed by atoms with Crippen LogP contribution in [0.5, 0.6) is 0 Å². The molecule has 0 bridgehead atoms. The highest BCUT2D eigenvalue weighted by Gasteiger charge is 2.12. The molecule has 0 spiro atoms. The third-order valence-corrected chi connectivity index (χ3v) is 6.01. The second-order valence-electron chi connectivity index (χ2n) is 8.51. The van der Waals surface area contributed by atoms with Gasteiger partial charge in [0.25, 0.3) is 0 Å². The molecule has 0 amide bonds. The van der Waals surface area contributed by atoms with E-state index in [1.54, 1.807) is 11.8 Å². The Bertz CT molecular complexity index is 607. The number of aliphatic imine (C=N–C) groups is 1. The quantitative estimate of drug-likeness (QED) is 0.226. The maximum Gasteiger partial charge on any atom is 0.191 e. The van der Waals surface area contributed by atoms with Gasteiger partial charge in [0.1, 0.15) is 5.82 Å². The van der Waals surface area contributed by atoms with Crippen LogP contribution in [0.15, 0.2) is 10.1 Å². The van der Waals surface area contributed by atoms with Crippen molar-refractivity contribution in [2.75, 3.05) is 45.5 Å². The van der Waals surface area contributed by atoms with Crippen LogP contribution in [0.3, 0.4) is 0 Å². The number of aryl methyl sites for hydroxylation is 1. The summed E-state index contributed by atoms with van der Waals surface area (Å²) in [6.07, 6.45) is 10.7. The molecule has 2 heterocycles. The van der Waals surface area contributed by atoms with Crippen LogP contribution < -0.4 is 10.6 Å². The Labute approximate surface area is 187 Å². The van der Waals surface area contributed by atoms with Crippen LogP contribution in [0.2, 0.25) is 0 Å². The summed E-state index contributed by atoms with van der Waals surface area (Å²) in [5.41, 5.74) is 0. The van der Waals surface area contributed by atoms with E-state index in [9.17, 15) is 0 Å². The maximum atomic E-state index is 4.76. The number of rotatable bonds is 12. The van der Waals surface area contributed by atoms with Gasteiger partial charge in [-0.2, -0.15) is 0 Å². The molecular formula is C22H43N7S. The van der Waals surface area contributed by atoms with E-state index in [4.69, 9.17) is 4.99 Å². The van der Waals surface area contributed by atoms with E-state index >= 15 is 0 Å². The van der Waals surface area contributed by atoms with Gasteiger partial charge in [-0.05, 0) is 64.4 Å². The molecule has 0 unspecified atom stereocenters. The molecule has 2 rings (SSSR count). The van der Waals surface area contributed by atoms with E-state index in [2.05, 4.69) is 57.3 Å². The van der Waals surface area contributed by atoms with Crippen molar-refractivity contribution in [2.45, 2.75) is 77.4 Å². The minimum atomic E-state index is 0.586. The maximum absolute atomic E-state index is 4.76. The summed E-state index contributed by atoms with van der Waals surface area (Å²) in [6, 6.07) is 0. The first kappa shape index (κ1) is 25.0. The molecule has 7 nitrogen and oxygen atoms in total. The summed E-state index contributed by atoms with van der Waals surface area (Å²) in [5.74, 6) is 2.60. The Morgan fingerprint density at radius 3 is 2.53 bits per heavy atom. The van der Waals surface area contributed by atoms with Gasteiger partial charge in [-0.25, -0.2) is 0 Å². The van der Waals surface area contributed by atoms with Crippen molar-refractivity contribution < 1.29 is 0 Å². The van der Waals surface area contributed by atoms with E-state index in [1.165, 1.54) is 51.7 Å². The number of likely N-dealkylation sites (tertiary alicyclic amines) is 1. The van der Waals surface area contributed by atoms with Crippen LogP contribution in [0.25, 0.3) is 0 Å². The van der Waals surface area contributed by atoms with Gasteiger partial charge in [-0.15, -0.1) is 10.2 Å². The second kappa shape index (κ2) is 14.7. The van der Waals surface area contributed by atoms with Crippen molar-refractivity contribution in [1.29, 1.82) is 0 Å². The third-order valence-electron chi connectivity index (χ3n) is 5.34. The smallest absolute Gasteiger partial charge is 0.191 e. The van der Waals surface area contributed by atoms with E-state index in [1.807, 2.05) is 0 Å². The molecule has 0 aliphatic carbocycles. The van der Waals surface area contributed by atoms with Crippen LogP contribution in [-0.2, 0) is 13.0 Å². The molecule has 1 aliphatic rings. The van der Waals surface area contributed by atoms with Crippen LogP contribution in [0.4, 0.5) is 0 Å². The van der Waals surface area contributed by atoms with E-state index in [-0.39, 0.29) is 0 Å². The molecule has 1 fully saturated rings. The summed E-state index contributed by atoms with van der Waals surface area (Å²) in [6.45, 7) is 14.0. The highest BCUT2D eigenvalue weighted by Crippen LogP contribution is 2.16. The molecule has 0 atom stereocenters. The highest BCUT2D eigenvalue weighted by molar-refractivity contribution is 7.98. The fourth-order valence-electron chi connectivity index (χ4n) is 3.84. The molecule has 1 aromatic rings. The first-order valence-corrected chi connectivity index (χ1v) is 13.1. The van der Waals surface area contributed by atoms with E-state index in [0.717, 1.165) is 56.0 Å². The summed E-state index contributed by atoms with van der Waals surface area (Å²) < 4.78 is 2.27. The predicted octanol–water partition coefficient (Wildman–Crippen LogP) is 3.41. The third kappa shape index (κ3) is 9.25. The molecule has 0 saturated carbocycles. The lowest BCUT2D eigenvalue weighted by atomic mass is 10.2. The number of aromatic nitrogens is 3. The minimum absolute atomic E-state index is 0.586. The molecule has 1 aromatic heterocycles. The number of hydrogen-bond acceptors (Lipinski definition) is 5. The molecule has 1 saturated heterocycles. The standard InChI is InChI=1S/C22H43N7S/c1-5-23-21(25-14-11-17-28-15-8-6-7-9-16-28)24-13-10-12-20-26-27-22(30-4)29(20)18-19(2)3/h19H,5-18H2,1-4H3,(H2,23,24,25). The number of nitrogens with one attached hydrogen (secondary N) is 2. The van der Waals surface area contributed by atoms with Crippen molar-refractivity contribution in [2.24, 2.45) is 10.9 Å². The lowest BCUT2D eigenvalue weighted by molar-refractivity contribution is 0.282. The first-order chi connectivity index (χ1) is 14.6. The van der Waals surface area contributed by atoms with Gasteiger partial charge >= 0.3 is 0 Å².